The molecule has 182 valence electrons. The number of ether oxygens (including phenoxy) is 2. The smallest absolute Gasteiger partial charge is 0.422 e. The predicted octanol–water partition coefficient (Wildman–Crippen LogP) is 3.42. The number of hydrogen-bond acceptors (Lipinski definition) is 7. The van der Waals surface area contributed by atoms with Crippen LogP contribution in [0.3, 0.4) is 0 Å². The molecule has 0 bridgehead atoms. The molecule has 1 saturated heterocycles. The molecule has 3 aromatic heterocycles. The van der Waals surface area contributed by atoms with Crippen molar-refractivity contribution in [2.45, 2.75) is 25.1 Å². The van der Waals surface area contributed by atoms with Crippen molar-refractivity contribution < 1.29 is 35.9 Å². The number of nitrogens with zero attached hydrogens (tertiary/aromatic N) is 3. The first-order valence-corrected chi connectivity index (χ1v) is 12.1. The van der Waals surface area contributed by atoms with E-state index in [9.17, 15) is 26.4 Å². The van der Waals surface area contributed by atoms with Crippen molar-refractivity contribution >= 4 is 32.9 Å². The van der Waals surface area contributed by atoms with Gasteiger partial charge in [-0.3, -0.25) is 4.79 Å². The monoisotopic (exact) mass is 518 g/mol. The number of hydrogen-bond donors (Lipinski definition) is 1. The van der Waals surface area contributed by atoms with Gasteiger partial charge in [-0.05, 0) is 31.5 Å². The quantitative estimate of drug-likeness (QED) is 0.532. The lowest BCUT2D eigenvalue weighted by molar-refractivity contribution is -0.153. The molecule has 4 heterocycles. The summed E-state index contributed by atoms with van der Waals surface area (Å²) in [5.41, 5.74) is -0.770. The molecule has 14 heteroatoms. The number of carbonyl (C=O) groups is 1. The van der Waals surface area contributed by atoms with Crippen molar-refractivity contribution in [3.63, 3.8) is 0 Å². The van der Waals surface area contributed by atoms with Crippen LogP contribution in [0, 0.1) is 0 Å². The Morgan fingerprint density at radius 3 is 2.79 bits per heavy atom. The van der Waals surface area contributed by atoms with E-state index in [1.165, 1.54) is 41.2 Å². The Morgan fingerprint density at radius 1 is 1.35 bits per heavy atom. The van der Waals surface area contributed by atoms with Gasteiger partial charge >= 0.3 is 6.18 Å². The van der Waals surface area contributed by atoms with E-state index in [1.807, 2.05) is 0 Å². The zero-order valence-electron chi connectivity index (χ0n) is 17.6. The van der Waals surface area contributed by atoms with Crippen molar-refractivity contribution in [3.05, 3.63) is 47.4 Å². The Bertz CT molecular complexity index is 1360. The Morgan fingerprint density at radius 2 is 2.12 bits per heavy atom. The van der Waals surface area contributed by atoms with E-state index >= 15 is 0 Å². The molecule has 0 aliphatic carbocycles. The summed E-state index contributed by atoms with van der Waals surface area (Å²) < 4.78 is 72.8. The van der Waals surface area contributed by atoms with Gasteiger partial charge < -0.3 is 14.8 Å². The molecule has 1 fully saturated rings. The lowest BCUT2D eigenvalue weighted by Crippen LogP contribution is -2.47. The van der Waals surface area contributed by atoms with Crippen molar-refractivity contribution in [2.24, 2.45) is 0 Å². The molecule has 1 aliphatic heterocycles. The molecule has 3 aromatic rings. The first-order chi connectivity index (χ1) is 15.8. The molecule has 0 aromatic carbocycles. The van der Waals surface area contributed by atoms with Gasteiger partial charge in [0.25, 0.3) is 11.8 Å². The van der Waals surface area contributed by atoms with Crippen LogP contribution in [0.25, 0.3) is 5.52 Å². The number of fused-ring (bicyclic) bond motifs is 1. The largest absolute Gasteiger partial charge is 0.478 e. The minimum Gasteiger partial charge on any atom is -0.478 e. The summed E-state index contributed by atoms with van der Waals surface area (Å²) in [6, 6.07) is 5.56. The van der Waals surface area contributed by atoms with Crippen LogP contribution in [-0.2, 0) is 9.84 Å². The van der Waals surface area contributed by atoms with E-state index in [0.717, 1.165) is 0 Å². The van der Waals surface area contributed by atoms with E-state index in [-0.39, 0.29) is 51.5 Å². The second-order valence-electron chi connectivity index (χ2n) is 8.02. The summed E-state index contributed by atoms with van der Waals surface area (Å²) in [6.07, 6.45) is -1.50. The molecular weight excluding hydrogens is 501 g/mol. The Balaban J connectivity index is 1.56. The Labute approximate surface area is 196 Å². The van der Waals surface area contributed by atoms with Crippen LogP contribution in [0.4, 0.5) is 13.2 Å². The number of nitrogens with one attached hydrogen (secondary N) is 1. The lowest BCUT2D eigenvalue weighted by atomic mass is 10.0. The van der Waals surface area contributed by atoms with Crippen LogP contribution in [-0.4, -0.2) is 58.8 Å². The summed E-state index contributed by atoms with van der Waals surface area (Å²) in [7, 11) is -3.24. The third-order valence-corrected chi connectivity index (χ3v) is 7.30. The van der Waals surface area contributed by atoms with Gasteiger partial charge in [0.05, 0.1) is 27.6 Å². The van der Waals surface area contributed by atoms with Crippen molar-refractivity contribution in [2.75, 3.05) is 18.1 Å². The lowest BCUT2D eigenvalue weighted by Gasteiger charge is -2.23. The Kier molecular flexibility index (Phi) is 6.10. The summed E-state index contributed by atoms with van der Waals surface area (Å²) in [5.74, 6) is -1.09. The third kappa shape index (κ3) is 5.36. The minimum atomic E-state index is -4.53. The SMILES string of the molecule is C[C@]1(NC(=O)c2nn3ccc(Oc4ncccc4OCC(F)(F)F)cc3c2Cl)CCS(=O)(=O)C1. The van der Waals surface area contributed by atoms with E-state index < -0.39 is 34.1 Å². The summed E-state index contributed by atoms with van der Waals surface area (Å²) in [4.78, 5) is 16.7. The number of pyridine rings is 2. The molecule has 1 amide bonds. The number of alkyl halides is 3. The highest BCUT2D eigenvalue weighted by Gasteiger charge is 2.40. The first-order valence-electron chi connectivity index (χ1n) is 9.87. The number of amides is 1. The molecule has 1 aliphatic rings. The number of rotatable bonds is 6. The molecule has 34 heavy (non-hydrogen) atoms. The van der Waals surface area contributed by atoms with E-state index in [0.29, 0.717) is 0 Å². The van der Waals surface area contributed by atoms with Gasteiger partial charge in [0.1, 0.15) is 5.75 Å². The average Bonchev–Trinajstić information content (AvgIpc) is 3.22. The highest BCUT2D eigenvalue weighted by atomic mass is 35.5. The normalized spacial score (nSPS) is 19.8. The molecule has 1 N–H and O–H groups in total. The van der Waals surface area contributed by atoms with Crippen LogP contribution < -0.4 is 14.8 Å². The van der Waals surface area contributed by atoms with E-state index in [2.05, 4.69) is 15.4 Å². The zero-order valence-corrected chi connectivity index (χ0v) is 19.2. The van der Waals surface area contributed by atoms with Gasteiger partial charge in [-0.15, -0.1) is 0 Å². The fraction of sp³-hybridized carbons (Fsp3) is 0.350. The molecule has 0 spiro atoms. The predicted molar refractivity (Wildman–Crippen MR) is 115 cm³/mol. The van der Waals surface area contributed by atoms with Crippen LogP contribution in [0.1, 0.15) is 23.8 Å². The maximum Gasteiger partial charge on any atom is 0.422 e. The second kappa shape index (κ2) is 8.62. The number of aromatic nitrogens is 3. The number of carbonyl (C=O) groups excluding carboxylic acids is 1. The van der Waals surface area contributed by atoms with Gasteiger partial charge in [-0.1, -0.05) is 11.6 Å². The van der Waals surface area contributed by atoms with Crippen molar-refractivity contribution in [1.29, 1.82) is 0 Å². The van der Waals surface area contributed by atoms with E-state index in [4.69, 9.17) is 21.1 Å². The summed E-state index contributed by atoms with van der Waals surface area (Å²) in [5, 5.41) is 6.82. The standard InChI is InChI=1S/C20H18ClF3N4O5S/c1-19(5-8-34(30,31)11-19)26-17(29)16-15(21)13-9-12(4-7-28(13)27-16)33-18-14(3-2-6-25-18)32-10-20(22,23)24/h2-4,6-7,9H,5,8,10-11H2,1H3,(H,26,29)/t19-/m0/s1. The van der Waals surface area contributed by atoms with Crippen molar-refractivity contribution in [1.82, 2.24) is 19.9 Å². The summed E-state index contributed by atoms with van der Waals surface area (Å²) >= 11 is 6.36. The molecule has 0 saturated carbocycles. The Hall–Kier alpha value is -3.06. The van der Waals surface area contributed by atoms with Gasteiger partial charge in [0.15, 0.2) is 27.9 Å². The van der Waals surface area contributed by atoms with Gasteiger partial charge in [0.2, 0.25) is 0 Å². The molecular formula is C20H18ClF3N4O5S. The molecule has 4 rings (SSSR count). The highest BCUT2D eigenvalue weighted by molar-refractivity contribution is 7.91. The average molecular weight is 519 g/mol. The fourth-order valence-corrected chi connectivity index (χ4v) is 5.84. The molecule has 0 unspecified atom stereocenters. The maximum absolute atomic E-state index is 12.8. The fourth-order valence-electron chi connectivity index (χ4n) is 3.48. The van der Waals surface area contributed by atoms with Crippen molar-refractivity contribution in [3.8, 4) is 17.4 Å². The molecule has 0 radical (unpaired) electrons. The minimum absolute atomic E-state index is 0.0121. The van der Waals surface area contributed by atoms with Gasteiger partial charge in [-0.25, -0.2) is 17.9 Å². The summed E-state index contributed by atoms with van der Waals surface area (Å²) in [6.45, 7) is 0.123. The number of halogens is 4. The highest BCUT2D eigenvalue weighted by Crippen LogP contribution is 2.33. The first kappa shape index (κ1) is 24.1. The second-order valence-corrected chi connectivity index (χ2v) is 10.6. The molecule has 1 atom stereocenters. The van der Waals surface area contributed by atoms with Crippen LogP contribution in [0.2, 0.25) is 5.02 Å². The van der Waals surface area contributed by atoms with Crippen LogP contribution >= 0.6 is 11.6 Å². The number of sulfone groups is 1. The zero-order chi connectivity index (χ0) is 24.7. The topological polar surface area (TPSA) is 112 Å². The van der Waals surface area contributed by atoms with Crippen LogP contribution in [0.5, 0.6) is 17.4 Å². The van der Waals surface area contributed by atoms with Crippen LogP contribution in [0.15, 0.2) is 36.7 Å². The third-order valence-electron chi connectivity index (χ3n) is 5.02. The molecule has 9 nitrogen and oxygen atoms in total. The van der Waals surface area contributed by atoms with Gasteiger partial charge in [0, 0.05) is 18.5 Å². The van der Waals surface area contributed by atoms with E-state index in [1.54, 1.807) is 6.92 Å². The van der Waals surface area contributed by atoms with Gasteiger partial charge in [-0.2, -0.15) is 18.3 Å². The maximum atomic E-state index is 12.8.